The molecule has 3 nitrogen and oxygen atoms in total. The summed E-state index contributed by atoms with van der Waals surface area (Å²) in [5, 5.41) is 6.78. The van der Waals surface area contributed by atoms with Crippen molar-refractivity contribution >= 4 is 23.2 Å². The first kappa shape index (κ1) is 16.4. The van der Waals surface area contributed by atoms with Crippen molar-refractivity contribution in [3.8, 4) is 11.1 Å². The molecule has 0 fully saturated rings. The second kappa shape index (κ2) is 6.41. The molecule has 116 valence electrons. The molecule has 0 saturated heterocycles. The highest BCUT2D eigenvalue weighted by Gasteiger charge is 2.16. The standard InChI is InChI=1S/C18H21ClN2O/c1-18(2,3)21-17(22)14-9-13(10-16(11-14)20-4)12-5-7-15(19)8-6-12/h5-11,20H,1-4H3,(H,21,22). The van der Waals surface area contributed by atoms with Crippen LogP contribution in [-0.4, -0.2) is 18.5 Å². The van der Waals surface area contributed by atoms with Crippen LogP contribution in [0, 0.1) is 0 Å². The van der Waals surface area contributed by atoms with Crippen molar-refractivity contribution in [3.05, 3.63) is 53.1 Å². The molecule has 4 heteroatoms. The van der Waals surface area contributed by atoms with Crippen LogP contribution in [0.3, 0.4) is 0 Å². The Bertz CT molecular complexity index is 672. The maximum atomic E-state index is 12.4. The molecule has 2 rings (SSSR count). The number of hydrogen-bond acceptors (Lipinski definition) is 2. The molecule has 0 saturated carbocycles. The van der Waals surface area contributed by atoms with Crippen molar-refractivity contribution in [3.63, 3.8) is 0 Å². The molecule has 2 aromatic carbocycles. The van der Waals surface area contributed by atoms with Crippen LogP contribution >= 0.6 is 11.6 Å². The number of rotatable bonds is 3. The lowest BCUT2D eigenvalue weighted by atomic mass is 10.0. The van der Waals surface area contributed by atoms with Crippen LogP contribution in [0.15, 0.2) is 42.5 Å². The van der Waals surface area contributed by atoms with Crippen LogP contribution in [0.5, 0.6) is 0 Å². The lowest BCUT2D eigenvalue weighted by Crippen LogP contribution is -2.40. The number of nitrogens with one attached hydrogen (secondary N) is 2. The highest BCUT2D eigenvalue weighted by Crippen LogP contribution is 2.26. The number of hydrogen-bond donors (Lipinski definition) is 2. The van der Waals surface area contributed by atoms with Gasteiger partial charge >= 0.3 is 0 Å². The Morgan fingerprint density at radius 2 is 1.64 bits per heavy atom. The first-order valence-electron chi connectivity index (χ1n) is 7.20. The van der Waals surface area contributed by atoms with Crippen LogP contribution in [0.2, 0.25) is 5.02 Å². The van der Waals surface area contributed by atoms with E-state index >= 15 is 0 Å². The fourth-order valence-electron chi connectivity index (χ4n) is 2.12. The Hall–Kier alpha value is -2.00. The molecule has 0 aliphatic rings. The summed E-state index contributed by atoms with van der Waals surface area (Å²) in [6, 6.07) is 13.3. The van der Waals surface area contributed by atoms with Gasteiger partial charge in [0.15, 0.2) is 0 Å². The lowest BCUT2D eigenvalue weighted by molar-refractivity contribution is 0.0919. The van der Waals surface area contributed by atoms with Crippen molar-refractivity contribution in [1.29, 1.82) is 0 Å². The van der Waals surface area contributed by atoms with E-state index in [9.17, 15) is 4.79 Å². The SMILES string of the molecule is CNc1cc(C(=O)NC(C)(C)C)cc(-c2ccc(Cl)cc2)c1. The molecule has 1 amide bonds. The van der Waals surface area contributed by atoms with E-state index in [0.29, 0.717) is 10.6 Å². The summed E-state index contributed by atoms with van der Waals surface area (Å²) in [4.78, 5) is 12.4. The first-order chi connectivity index (χ1) is 10.3. The maximum absolute atomic E-state index is 12.4. The molecular weight excluding hydrogens is 296 g/mol. The lowest BCUT2D eigenvalue weighted by Gasteiger charge is -2.21. The minimum atomic E-state index is -0.271. The summed E-state index contributed by atoms with van der Waals surface area (Å²) in [5.41, 5.74) is 3.25. The molecule has 0 bridgehead atoms. The van der Waals surface area contributed by atoms with Crippen LogP contribution < -0.4 is 10.6 Å². The molecule has 2 aromatic rings. The molecule has 0 aromatic heterocycles. The number of amides is 1. The molecule has 0 spiro atoms. The van der Waals surface area contributed by atoms with Gasteiger partial charge in [0.2, 0.25) is 0 Å². The summed E-state index contributed by atoms with van der Waals surface area (Å²) in [6.07, 6.45) is 0. The van der Waals surface area contributed by atoms with Crippen molar-refractivity contribution in [1.82, 2.24) is 5.32 Å². The average Bonchev–Trinajstić information content (AvgIpc) is 2.45. The number of benzene rings is 2. The van der Waals surface area contributed by atoms with E-state index in [4.69, 9.17) is 11.6 Å². The van der Waals surface area contributed by atoms with E-state index in [1.165, 1.54) is 0 Å². The highest BCUT2D eigenvalue weighted by atomic mass is 35.5. The number of halogens is 1. The largest absolute Gasteiger partial charge is 0.388 e. The average molecular weight is 317 g/mol. The zero-order chi connectivity index (χ0) is 16.3. The van der Waals surface area contributed by atoms with Crippen molar-refractivity contribution in [2.24, 2.45) is 0 Å². The Kier molecular flexibility index (Phi) is 4.77. The zero-order valence-electron chi connectivity index (χ0n) is 13.3. The molecule has 0 heterocycles. The van der Waals surface area contributed by atoms with Crippen molar-refractivity contribution < 1.29 is 4.79 Å². The van der Waals surface area contributed by atoms with Gasteiger partial charge in [0.25, 0.3) is 5.91 Å². The minimum Gasteiger partial charge on any atom is -0.388 e. The molecule has 0 radical (unpaired) electrons. The fourth-order valence-corrected chi connectivity index (χ4v) is 2.25. The van der Waals surface area contributed by atoms with Crippen LogP contribution in [0.25, 0.3) is 11.1 Å². The first-order valence-corrected chi connectivity index (χ1v) is 7.57. The van der Waals surface area contributed by atoms with Gasteiger partial charge in [-0.2, -0.15) is 0 Å². The quantitative estimate of drug-likeness (QED) is 0.870. The molecule has 0 unspecified atom stereocenters. The Labute approximate surface area is 136 Å². The Morgan fingerprint density at radius 3 is 2.18 bits per heavy atom. The van der Waals surface area contributed by atoms with Crippen molar-refractivity contribution in [2.75, 3.05) is 12.4 Å². The number of carbonyl (C=O) groups is 1. The number of carbonyl (C=O) groups excluding carboxylic acids is 1. The van der Waals surface area contributed by atoms with E-state index in [1.54, 1.807) is 0 Å². The van der Waals surface area contributed by atoms with E-state index in [2.05, 4.69) is 10.6 Å². The summed E-state index contributed by atoms with van der Waals surface area (Å²) in [5.74, 6) is -0.0835. The monoisotopic (exact) mass is 316 g/mol. The molecule has 0 aliphatic carbocycles. The minimum absolute atomic E-state index is 0.0835. The predicted molar refractivity (Wildman–Crippen MR) is 93.7 cm³/mol. The second-order valence-electron chi connectivity index (χ2n) is 6.26. The topological polar surface area (TPSA) is 41.1 Å². The third kappa shape index (κ3) is 4.25. The van der Waals surface area contributed by atoms with Crippen LogP contribution in [0.4, 0.5) is 5.69 Å². The van der Waals surface area contributed by atoms with Gasteiger partial charge in [-0.3, -0.25) is 4.79 Å². The Morgan fingerprint density at radius 1 is 1.00 bits per heavy atom. The van der Waals surface area contributed by atoms with Crippen LogP contribution in [-0.2, 0) is 0 Å². The summed E-state index contributed by atoms with van der Waals surface area (Å²) in [7, 11) is 1.84. The fraction of sp³-hybridized carbons (Fsp3) is 0.278. The second-order valence-corrected chi connectivity index (χ2v) is 6.70. The summed E-state index contributed by atoms with van der Waals surface area (Å²) < 4.78 is 0. The zero-order valence-corrected chi connectivity index (χ0v) is 14.1. The Balaban J connectivity index is 2.42. The van der Waals surface area contributed by atoms with E-state index in [1.807, 2.05) is 70.3 Å². The van der Waals surface area contributed by atoms with Gasteiger partial charge in [-0.05, 0) is 62.2 Å². The summed E-state index contributed by atoms with van der Waals surface area (Å²) >= 11 is 5.94. The van der Waals surface area contributed by atoms with Gasteiger partial charge in [0.1, 0.15) is 0 Å². The van der Waals surface area contributed by atoms with Gasteiger partial charge in [0, 0.05) is 28.9 Å². The molecule has 22 heavy (non-hydrogen) atoms. The number of anilines is 1. The summed E-state index contributed by atoms with van der Waals surface area (Å²) in [6.45, 7) is 5.90. The third-order valence-corrected chi connectivity index (χ3v) is 3.40. The van der Waals surface area contributed by atoms with Gasteiger partial charge in [-0.25, -0.2) is 0 Å². The van der Waals surface area contributed by atoms with Gasteiger partial charge in [-0.1, -0.05) is 23.7 Å². The molecule has 0 aliphatic heterocycles. The normalized spacial score (nSPS) is 11.1. The maximum Gasteiger partial charge on any atom is 0.251 e. The van der Waals surface area contributed by atoms with Gasteiger partial charge in [0.05, 0.1) is 0 Å². The smallest absolute Gasteiger partial charge is 0.251 e. The van der Waals surface area contributed by atoms with Gasteiger partial charge in [-0.15, -0.1) is 0 Å². The predicted octanol–water partition coefficient (Wildman–Crippen LogP) is 4.58. The van der Waals surface area contributed by atoms with E-state index in [0.717, 1.165) is 16.8 Å². The van der Waals surface area contributed by atoms with Crippen LogP contribution in [0.1, 0.15) is 31.1 Å². The molecular formula is C18H21ClN2O. The third-order valence-electron chi connectivity index (χ3n) is 3.15. The molecule has 0 atom stereocenters. The van der Waals surface area contributed by atoms with E-state index in [-0.39, 0.29) is 11.4 Å². The van der Waals surface area contributed by atoms with Gasteiger partial charge < -0.3 is 10.6 Å². The van der Waals surface area contributed by atoms with Crippen molar-refractivity contribution in [2.45, 2.75) is 26.3 Å². The highest BCUT2D eigenvalue weighted by molar-refractivity contribution is 6.30. The molecule has 2 N–H and O–H groups in total. The van der Waals surface area contributed by atoms with E-state index < -0.39 is 0 Å².